The van der Waals surface area contributed by atoms with E-state index in [4.69, 9.17) is 9.47 Å². The topological polar surface area (TPSA) is 72.8 Å². The molecule has 1 fully saturated rings. The lowest BCUT2D eigenvalue weighted by Gasteiger charge is -2.15. The molecule has 6 heteroatoms. The van der Waals surface area contributed by atoms with Crippen molar-refractivity contribution in [2.24, 2.45) is 0 Å². The van der Waals surface area contributed by atoms with E-state index in [0.29, 0.717) is 19.6 Å². The standard InChI is InChI=1S/C20H24O5S/c1-15-7-9-18(10-8-15)26(22,23)14-20-19(21)11-17(25-20)13-24-12-16-5-3-2-4-6-16/h2-10,17,19-21H,11-14H2,1H3/t17-,19+,20-/m0/s1. The van der Waals surface area contributed by atoms with Gasteiger partial charge in [-0.2, -0.15) is 0 Å². The Hall–Kier alpha value is -1.73. The molecule has 5 nitrogen and oxygen atoms in total. The van der Waals surface area contributed by atoms with Gasteiger partial charge in [-0.1, -0.05) is 48.0 Å². The Kier molecular flexibility index (Phi) is 6.09. The second-order valence-corrected chi connectivity index (χ2v) is 8.73. The zero-order valence-electron chi connectivity index (χ0n) is 14.7. The Morgan fingerprint density at radius 2 is 1.81 bits per heavy atom. The zero-order valence-corrected chi connectivity index (χ0v) is 15.6. The second-order valence-electron chi connectivity index (χ2n) is 6.69. The van der Waals surface area contributed by atoms with Crippen LogP contribution in [0.15, 0.2) is 59.5 Å². The van der Waals surface area contributed by atoms with Crippen LogP contribution in [0.25, 0.3) is 0 Å². The van der Waals surface area contributed by atoms with Crippen molar-refractivity contribution in [2.75, 3.05) is 12.4 Å². The molecular weight excluding hydrogens is 352 g/mol. The summed E-state index contributed by atoms with van der Waals surface area (Å²) in [5.74, 6) is -0.230. The first-order valence-corrected chi connectivity index (χ1v) is 10.3. The Bertz CT molecular complexity index is 802. The van der Waals surface area contributed by atoms with Crippen LogP contribution in [0, 0.1) is 6.92 Å². The molecule has 2 aromatic rings. The lowest BCUT2D eigenvalue weighted by molar-refractivity contribution is -0.0226. The number of aliphatic hydroxyl groups excluding tert-OH is 1. The molecule has 0 unspecified atom stereocenters. The van der Waals surface area contributed by atoms with Gasteiger partial charge in [0.1, 0.15) is 0 Å². The van der Waals surface area contributed by atoms with Gasteiger partial charge in [0.15, 0.2) is 9.84 Å². The average Bonchev–Trinajstić information content (AvgIpc) is 2.95. The third kappa shape index (κ3) is 4.92. The summed E-state index contributed by atoms with van der Waals surface area (Å²) in [4.78, 5) is 0.252. The molecule has 0 radical (unpaired) electrons. The monoisotopic (exact) mass is 376 g/mol. The number of hydrogen-bond acceptors (Lipinski definition) is 5. The van der Waals surface area contributed by atoms with Crippen molar-refractivity contribution in [1.29, 1.82) is 0 Å². The van der Waals surface area contributed by atoms with Gasteiger partial charge in [-0.3, -0.25) is 0 Å². The molecule has 0 amide bonds. The van der Waals surface area contributed by atoms with Crippen LogP contribution in [0.3, 0.4) is 0 Å². The van der Waals surface area contributed by atoms with Gasteiger partial charge in [0.2, 0.25) is 0 Å². The highest BCUT2D eigenvalue weighted by Crippen LogP contribution is 2.24. The van der Waals surface area contributed by atoms with Gasteiger partial charge < -0.3 is 14.6 Å². The maximum absolute atomic E-state index is 12.5. The SMILES string of the molecule is Cc1ccc(S(=O)(=O)C[C@@H]2O[C@H](COCc3ccccc3)C[C@H]2O)cc1. The lowest BCUT2D eigenvalue weighted by atomic mass is 10.1. The molecule has 140 valence electrons. The molecule has 0 aliphatic carbocycles. The number of rotatable bonds is 7. The van der Waals surface area contributed by atoms with Crippen LogP contribution < -0.4 is 0 Å². The van der Waals surface area contributed by atoms with Crippen LogP contribution in [0.1, 0.15) is 17.5 Å². The second kappa shape index (κ2) is 8.31. The van der Waals surface area contributed by atoms with Gasteiger partial charge in [-0.15, -0.1) is 0 Å². The normalized spacial score (nSPS) is 23.2. The first-order chi connectivity index (χ1) is 12.4. The maximum atomic E-state index is 12.5. The van der Waals surface area contributed by atoms with Gasteiger partial charge in [0, 0.05) is 6.42 Å². The van der Waals surface area contributed by atoms with Gasteiger partial charge in [0.05, 0.1) is 42.2 Å². The number of ether oxygens (including phenoxy) is 2. The summed E-state index contributed by atoms with van der Waals surface area (Å²) < 4.78 is 36.4. The van der Waals surface area contributed by atoms with Crippen molar-refractivity contribution in [2.45, 2.75) is 43.2 Å². The molecule has 1 heterocycles. The van der Waals surface area contributed by atoms with Gasteiger partial charge in [-0.25, -0.2) is 8.42 Å². The molecule has 1 aliphatic rings. The minimum atomic E-state index is -3.51. The molecule has 1 saturated heterocycles. The molecule has 3 atom stereocenters. The van der Waals surface area contributed by atoms with Crippen molar-refractivity contribution in [3.05, 3.63) is 65.7 Å². The van der Waals surface area contributed by atoms with Gasteiger partial charge in [-0.05, 0) is 24.6 Å². The van der Waals surface area contributed by atoms with E-state index in [1.54, 1.807) is 24.3 Å². The quantitative estimate of drug-likeness (QED) is 0.804. The van der Waals surface area contributed by atoms with E-state index in [-0.39, 0.29) is 16.8 Å². The Balaban J connectivity index is 1.52. The molecule has 0 bridgehead atoms. The van der Waals surface area contributed by atoms with Gasteiger partial charge in [0.25, 0.3) is 0 Å². The van der Waals surface area contributed by atoms with Gasteiger partial charge >= 0.3 is 0 Å². The first-order valence-electron chi connectivity index (χ1n) is 8.69. The Labute approximate surface area is 154 Å². The van der Waals surface area contributed by atoms with Crippen molar-refractivity contribution in [1.82, 2.24) is 0 Å². The van der Waals surface area contributed by atoms with E-state index in [1.165, 1.54) is 0 Å². The Morgan fingerprint density at radius 1 is 1.12 bits per heavy atom. The highest BCUT2D eigenvalue weighted by Gasteiger charge is 2.37. The fourth-order valence-corrected chi connectivity index (χ4v) is 4.49. The van der Waals surface area contributed by atoms with E-state index in [9.17, 15) is 13.5 Å². The molecule has 3 rings (SSSR count). The van der Waals surface area contributed by atoms with Crippen LogP contribution >= 0.6 is 0 Å². The van der Waals surface area contributed by atoms with Crippen LogP contribution in [0.4, 0.5) is 0 Å². The van der Waals surface area contributed by atoms with E-state index in [2.05, 4.69) is 0 Å². The van der Waals surface area contributed by atoms with Crippen LogP contribution in [0.2, 0.25) is 0 Å². The fourth-order valence-electron chi connectivity index (χ4n) is 3.01. The number of aryl methyl sites for hydroxylation is 1. The van der Waals surface area contributed by atoms with Crippen molar-refractivity contribution in [3.8, 4) is 0 Å². The number of benzene rings is 2. The summed E-state index contributed by atoms with van der Waals surface area (Å²) in [7, 11) is -3.51. The third-order valence-electron chi connectivity index (χ3n) is 4.48. The third-order valence-corrected chi connectivity index (χ3v) is 6.24. The van der Waals surface area contributed by atoms with E-state index >= 15 is 0 Å². The molecule has 2 aromatic carbocycles. The molecule has 0 saturated carbocycles. The Morgan fingerprint density at radius 3 is 2.50 bits per heavy atom. The van der Waals surface area contributed by atoms with E-state index in [1.807, 2.05) is 37.3 Å². The number of hydrogen-bond donors (Lipinski definition) is 1. The predicted octanol–water partition coefficient (Wildman–Crippen LogP) is 2.50. The molecule has 0 aromatic heterocycles. The van der Waals surface area contributed by atoms with E-state index in [0.717, 1.165) is 11.1 Å². The summed E-state index contributed by atoms with van der Waals surface area (Å²) in [6.07, 6.45) is -1.46. The molecule has 1 aliphatic heterocycles. The highest BCUT2D eigenvalue weighted by atomic mass is 32.2. The molecule has 1 N–H and O–H groups in total. The highest BCUT2D eigenvalue weighted by molar-refractivity contribution is 7.91. The molecule has 0 spiro atoms. The van der Waals surface area contributed by atoms with Crippen molar-refractivity contribution < 1.29 is 23.0 Å². The summed E-state index contributed by atoms with van der Waals surface area (Å²) in [6.45, 7) is 2.69. The lowest BCUT2D eigenvalue weighted by Crippen LogP contribution is -2.30. The summed E-state index contributed by atoms with van der Waals surface area (Å²) >= 11 is 0. The number of sulfone groups is 1. The number of aliphatic hydroxyl groups is 1. The fraction of sp³-hybridized carbons (Fsp3) is 0.400. The summed E-state index contributed by atoms with van der Waals surface area (Å²) in [5, 5.41) is 10.2. The minimum Gasteiger partial charge on any atom is -0.390 e. The summed E-state index contributed by atoms with van der Waals surface area (Å²) in [5.41, 5.74) is 2.06. The summed E-state index contributed by atoms with van der Waals surface area (Å²) in [6, 6.07) is 16.5. The zero-order chi connectivity index (χ0) is 18.6. The predicted molar refractivity (Wildman–Crippen MR) is 98.6 cm³/mol. The molecule has 26 heavy (non-hydrogen) atoms. The van der Waals surface area contributed by atoms with Crippen molar-refractivity contribution >= 4 is 9.84 Å². The van der Waals surface area contributed by atoms with Crippen LogP contribution in [-0.4, -0.2) is 44.2 Å². The van der Waals surface area contributed by atoms with Crippen molar-refractivity contribution in [3.63, 3.8) is 0 Å². The molecular formula is C20H24O5S. The first kappa shape index (κ1) is 19.0. The average molecular weight is 376 g/mol. The largest absolute Gasteiger partial charge is 0.390 e. The smallest absolute Gasteiger partial charge is 0.181 e. The minimum absolute atomic E-state index is 0.230. The van der Waals surface area contributed by atoms with Crippen LogP contribution in [0.5, 0.6) is 0 Å². The maximum Gasteiger partial charge on any atom is 0.181 e. The van der Waals surface area contributed by atoms with E-state index < -0.39 is 22.0 Å². The van der Waals surface area contributed by atoms with Crippen LogP contribution in [-0.2, 0) is 25.9 Å².